The molecule has 0 N–H and O–H groups in total. The first kappa shape index (κ1) is 12.7. The fourth-order valence-electron chi connectivity index (χ4n) is 2.01. The fraction of sp³-hybridized carbons (Fsp3) is 0.0667. The Kier molecular flexibility index (Phi) is 3.20. The van der Waals surface area contributed by atoms with Crippen LogP contribution in [-0.2, 0) is 6.42 Å². The van der Waals surface area contributed by atoms with Gasteiger partial charge in [0.1, 0.15) is 5.82 Å². The van der Waals surface area contributed by atoms with Gasteiger partial charge in [0.05, 0.1) is 16.5 Å². The van der Waals surface area contributed by atoms with E-state index in [9.17, 15) is 14.0 Å². The lowest BCUT2D eigenvalue weighted by molar-refractivity contribution is 0.0922. The summed E-state index contributed by atoms with van der Waals surface area (Å²) in [5, 5.41) is 0.513. The van der Waals surface area contributed by atoms with Crippen molar-refractivity contribution in [3.63, 3.8) is 0 Å². The molecule has 20 heavy (non-hydrogen) atoms. The summed E-state index contributed by atoms with van der Waals surface area (Å²) >= 11 is 1.09. The van der Waals surface area contributed by atoms with E-state index in [1.165, 1.54) is 6.07 Å². The number of carbonyl (C=O) groups excluding carboxylic acids is 1. The van der Waals surface area contributed by atoms with Gasteiger partial charge in [0.25, 0.3) is 5.56 Å². The third kappa shape index (κ3) is 2.16. The Morgan fingerprint density at radius 1 is 1.10 bits per heavy atom. The number of benzene rings is 2. The van der Waals surface area contributed by atoms with Crippen molar-refractivity contribution in [2.75, 3.05) is 0 Å². The van der Waals surface area contributed by atoms with E-state index in [0.29, 0.717) is 10.9 Å². The normalized spacial score (nSPS) is 10.8. The molecule has 1 heterocycles. The molecule has 5 heteroatoms. The molecule has 3 nitrogen and oxygen atoms in total. The molecule has 2 aromatic carbocycles. The second kappa shape index (κ2) is 5.02. The van der Waals surface area contributed by atoms with Crippen molar-refractivity contribution >= 4 is 27.5 Å². The Labute approximate surface area is 118 Å². The smallest absolute Gasteiger partial charge is 0.273 e. The van der Waals surface area contributed by atoms with Crippen molar-refractivity contribution in [2.24, 2.45) is 0 Å². The molecule has 0 saturated carbocycles. The number of fused-ring (bicyclic) bond motifs is 1. The Balaban J connectivity index is 1.99. The van der Waals surface area contributed by atoms with Crippen LogP contribution < -0.4 is 5.56 Å². The molecular formula is C15H10FNO2S. The highest BCUT2D eigenvalue weighted by Crippen LogP contribution is 2.17. The van der Waals surface area contributed by atoms with Crippen LogP contribution in [-0.4, -0.2) is 9.86 Å². The number of halogens is 1. The molecule has 0 radical (unpaired) electrons. The summed E-state index contributed by atoms with van der Waals surface area (Å²) in [6, 6.07) is 13.1. The lowest BCUT2D eigenvalue weighted by Crippen LogP contribution is -2.22. The second-order valence-electron chi connectivity index (χ2n) is 4.35. The molecule has 3 rings (SSSR count). The number of rotatable bonds is 2. The largest absolute Gasteiger partial charge is 0.275 e. The molecule has 0 aliphatic carbocycles. The summed E-state index contributed by atoms with van der Waals surface area (Å²) < 4.78 is 15.4. The molecule has 0 bridgehead atoms. The Morgan fingerprint density at radius 3 is 2.55 bits per heavy atom. The van der Waals surface area contributed by atoms with Crippen molar-refractivity contribution in [3.05, 3.63) is 70.3 Å². The van der Waals surface area contributed by atoms with Gasteiger partial charge >= 0.3 is 0 Å². The minimum atomic E-state index is -0.435. The first-order chi connectivity index (χ1) is 9.66. The molecular weight excluding hydrogens is 277 g/mol. The van der Waals surface area contributed by atoms with Gasteiger partial charge in [-0.2, -0.15) is 3.96 Å². The summed E-state index contributed by atoms with van der Waals surface area (Å²) in [6.07, 6.45) is -0.126. The van der Waals surface area contributed by atoms with Crippen LogP contribution in [0.5, 0.6) is 0 Å². The van der Waals surface area contributed by atoms with Gasteiger partial charge in [0, 0.05) is 0 Å². The number of nitrogens with zero attached hydrogens (tertiary/aromatic N) is 1. The molecule has 0 aliphatic heterocycles. The van der Waals surface area contributed by atoms with E-state index in [1.54, 1.807) is 36.4 Å². The van der Waals surface area contributed by atoms with Crippen molar-refractivity contribution in [1.29, 1.82) is 0 Å². The maximum Gasteiger partial charge on any atom is 0.275 e. The third-order valence-corrected chi connectivity index (χ3v) is 4.12. The molecule has 0 fully saturated rings. The zero-order valence-electron chi connectivity index (χ0n) is 10.4. The van der Waals surface area contributed by atoms with Gasteiger partial charge in [0.15, 0.2) is 0 Å². The quantitative estimate of drug-likeness (QED) is 0.726. The molecule has 3 aromatic rings. The second-order valence-corrected chi connectivity index (χ2v) is 5.34. The molecule has 0 atom stereocenters. The minimum Gasteiger partial charge on any atom is -0.273 e. The number of hydrogen-bond donors (Lipinski definition) is 0. The highest BCUT2D eigenvalue weighted by molar-refractivity contribution is 7.14. The van der Waals surface area contributed by atoms with Crippen molar-refractivity contribution in [3.8, 4) is 0 Å². The lowest BCUT2D eigenvalue weighted by Gasteiger charge is -2.01. The topological polar surface area (TPSA) is 39.1 Å². The molecule has 0 saturated heterocycles. The number of hydrogen-bond acceptors (Lipinski definition) is 3. The standard InChI is InChI=1S/C15H10FNO2S/c16-12-7-3-1-5-10(12)9-14(18)17-15(19)11-6-2-4-8-13(11)20-17/h1-8H,9H2. The van der Waals surface area contributed by atoms with Gasteiger partial charge < -0.3 is 0 Å². The SMILES string of the molecule is O=C(Cc1ccccc1F)n1sc2ccccc2c1=O. The van der Waals surface area contributed by atoms with Crippen LogP contribution in [0.25, 0.3) is 10.1 Å². The molecule has 1 aromatic heterocycles. The van der Waals surface area contributed by atoms with Crippen molar-refractivity contribution < 1.29 is 9.18 Å². The molecule has 0 unspecified atom stereocenters. The van der Waals surface area contributed by atoms with Gasteiger partial charge in [-0.1, -0.05) is 30.3 Å². The maximum atomic E-state index is 13.5. The predicted molar refractivity (Wildman–Crippen MR) is 76.8 cm³/mol. The van der Waals surface area contributed by atoms with E-state index in [2.05, 4.69) is 0 Å². The Hall–Kier alpha value is -2.27. The van der Waals surface area contributed by atoms with E-state index in [-0.39, 0.29) is 12.0 Å². The van der Waals surface area contributed by atoms with Crippen LogP contribution in [0.2, 0.25) is 0 Å². The van der Waals surface area contributed by atoms with E-state index in [1.807, 2.05) is 6.07 Å². The van der Waals surface area contributed by atoms with Crippen LogP contribution >= 0.6 is 11.5 Å². The maximum absolute atomic E-state index is 13.5. The predicted octanol–water partition coefficient (Wildman–Crippen LogP) is 3.09. The summed E-state index contributed by atoms with van der Waals surface area (Å²) in [4.78, 5) is 24.3. The van der Waals surface area contributed by atoms with E-state index >= 15 is 0 Å². The van der Waals surface area contributed by atoms with Crippen LogP contribution in [0.4, 0.5) is 4.39 Å². The Morgan fingerprint density at radius 2 is 1.80 bits per heavy atom. The zero-order valence-corrected chi connectivity index (χ0v) is 11.2. The van der Waals surface area contributed by atoms with E-state index < -0.39 is 11.7 Å². The highest BCUT2D eigenvalue weighted by atomic mass is 32.1. The van der Waals surface area contributed by atoms with Gasteiger partial charge in [-0.3, -0.25) is 9.59 Å². The molecule has 0 aliphatic rings. The Bertz CT molecular complexity index is 850. The van der Waals surface area contributed by atoms with Crippen LogP contribution in [0.1, 0.15) is 10.4 Å². The summed E-state index contributed by atoms with van der Waals surface area (Å²) in [5.74, 6) is -0.851. The fourth-order valence-corrected chi connectivity index (χ4v) is 2.95. The zero-order chi connectivity index (χ0) is 14.1. The average Bonchev–Trinajstić information content (AvgIpc) is 2.79. The van der Waals surface area contributed by atoms with Crippen molar-refractivity contribution in [2.45, 2.75) is 6.42 Å². The monoisotopic (exact) mass is 287 g/mol. The number of carbonyl (C=O) groups is 1. The molecule has 100 valence electrons. The number of aromatic nitrogens is 1. The molecule has 0 spiro atoms. The van der Waals surface area contributed by atoms with Gasteiger partial charge in [0.2, 0.25) is 5.91 Å². The minimum absolute atomic E-state index is 0.126. The van der Waals surface area contributed by atoms with Gasteiger partial charge in [-0.05, 0) is 35.3 Å². The summed E-state index contributed by atoms with van der Waals surface area (Å²) in [5.41, 5.74) is -0.0474. The van der Waals surface area contributed by atoms with Gasteiger partial charge in [-0.25, -0.2) is 4.39 Å². The van der Waals surface area contributed by atoms with Crippen LogP contribution in [0.15, 0.2) is 53.3 Å². The average molecular weight is 287 g/mol. The first-order valence-electron chi connectivity index (χ1n) is 6.04. The van der Waals surface area contributed by atoms with Crippen molar-refractivity contribution in [1.82, 2.24) is 3.96 Å². The third-order valence-electron chi connectivity index (χ3n) is 3.02. The van der Waals surface area contributed by atoms with Gasteiger partial charge in [-0.15, -0.1) is 0 Å². The molecule has 0 amide bonds. The summed E-state index contributed by atoms with van der Waals surface area (Å²) in [7, 11) is 0. The highest BCUT2D eigenvalue weighted by Gasteiger charge is 2.15. The first-order valence-corrected chi connectivity index (χ1v) is 6.82. The lowest BCUT2D eigenvalue weighted by atomic mass is 10.1. The van der Waals surface area contributed by atoms with Crippen LogP contribution in [0, 0.1) is 5.82 Å². The van der Waals surface area contributed by atoms with E-state index in [0.717, 1.165) is 20.2 Å². The summed E-state index contributed by atoms with van der Waals surface area (Å²) in [6.45, 7) is 0. The van der Waals surface area contributed by atoms with Crippen LogP contribution in [0.3, 0.4) is 0 Å². The van der Waals surface area contributed by atoms with E-state index in [4.69, 9.17) is 0 Å².